The first-order valence-electron chi connectivity index (χ1n) is 5.71. The lowest BCUT2D eigenvalue weighted by molar-refractivity contribution is 0.0189. The Balaban J connectivity index is 2.50. The minimum atomic E-state index is -0.422. The van der Waals surface area contributed by atoms with Crippen molar-refractivity contribution in [1.82, 2.24) is 4.90 Å². The van der Waals surface area contributed by atoms with Gasteiger partial charge in [-0.2, -0.15) is 11.8 Å². The highest BCUT2D eigenvalue weighted by Crippen LogP contribution is 2.25. The van der Waals surface area contributed by atoms with Crippen molar-refractivity contribution >= 4 is 17.9 Å². The zero-order valence-electron chi connectivity index (χ0n) is 10.4. The standard InChI is InChI=1S/C11H22N2O2S/c1-11(2,3)15-10(14)13(6-4-5-12)9-7-16-8-9/h9H,4-8,12H2,1-3H3. The number of amides is 1. The molecule has 1 rings (SSSR count). The summed E-state index contributed by atoms with van der Waals surface area (Å²) >= 11 is 1.86. The summed E-state index contributed by atoms with van der Waals surface area (Å²) in [4.78, 5) is 13.8. The maximum Gasteiger partial charge on any atom is 0.410 e. The molecule has 1 amide bonds. The first kappa shape index (κ1) is 13.6. The quantitative estimate of drug-likeness (QED) is 0.820. The van der Waals surface area contributed by atoms with Crippen molar-refractivity contribution in [2.24, 2.45) is 5.73 Å². The fourth-order valence-electron chi connectivity index (χ4n) is 1.41. The number of rotatable bonds is 4. The Morgan fingerprint density at radius 2 is 2.12 bits per heavy atom. The van der Waals surface area contributed by atoms with E-state index in [1.54, 1.807) is 0 Å². The number of carbonyl (C=O) groups excluding carboxylic acids is 1. The number of thioether (sulfide) groups is 1. The van der Waals surface area contributed by atoms with Crippen LogP contribution in [0, 0.1) is 0 Å². The fraction of sp³-hybridized carbons (Fsp3) is 0.909. The number of nitrogens with zero attached hydrogens (tertiary/aromatic N) is 1. The van der Waals surface area contributed by atoms with Gasteiger partial charge in [0.2, 0.25) is 0 Å². The molecule has 4 nitrogen and oxygen atoms in total. The lowest BCUT2D eigenvalue weighted by Gasteiger charge is -2.37. The van der Waals surface area contributed by atoms with Gasteiger partial charge < -0.3 is 15.4 Å². The second kappa shape index (κ2) is 5.77. The molecule has 0 aromatic rings. The minimum absolute atomic E-state index is 0.203. The van der Waals surface area contributed by atoms with E-state index in [0.29, 0.717) is 19.1 Å². The molecule has 0 saturated carbocycles. The molecule has 1 heterocycles. The normalized spacial score (nSPS) is 16.8. The Morgan fingerprint density at radius 3 is 2.50 bits per heavy atom. The first-order valence-corrected chi connectivity index (χ1v) is 6.87. The molecule has 1 aliphatic heterocycles. The van der Waals surface area contributed by atoms with Crippen LogP contribution in [-0.2, 0) is 4.74 Å². The fourth-order valence-corrected chi connectivity index (χ4v) is 2.21. The van der Waals surface area contributed by atoms with Crippen molar-refractivity contribution in [1.29, 1.82) is 0 Å². The SMILES string of the molecule is CC(C)(C)OC(=O)N(CCCN)C1CSC1. The maximum atomic E-state index is 12.0. The lowest BCUT2D eigenvalue weighted by atomic mass is 10.2. The van der Waals surface area contributed by atoms with Crippen LogP contribution < -0.4 is 5.73 Å². The maximum absolute atomic E-state index is 12.0. The van der Waals surface area contributed by atoms with Gasteiger partial charge in [0.1, 0.15) is 5.60 Å². The van der Waals surface area contributed by atoms with E-state index < -0.39 is 5.60 Å². The monoisotopic (exact) mass is 246 g/mol. The van der Waals surface area contributed by atoms with Gasteiger partial charge in [0, 0.05) is 18.1 Å². The summed E-state index contributed by atoms with van der Waals surface area (Å²) in [6.45, 7) is 6.99. The summed E-state index contributed by atoms with van der Waals surface area (Å²) in [6, 6.07) is 0.339. The Bertz CT molecular complexity index is 237. The van der Waals surface area contributed by atoms with Crippen LogP contribution in [0.25, 0.3) is 0 Å². The van der Waals surface area contributed by atoms with Crippen molar-refractivity contribution < 1.29 is 9.53 Å². The molecular weight excluding hydrogens is 224 g/mol. The second-order valence-corrected chi connectivity index (χ2v) is 6.08. The van der Waals surface area contributed by atoms with E-state index in [4.69, 9.17) is 10.5 Å². The van der Waals surface area contributed by atoms with E-state index in [0.717, 1.165) is 17.9 Å². The molecule has 1 fully saturated rings. The lowest BCUT2D eigenvalue weighted by Crippen LogP contribution is -2.50. The topological polar surface area (TPSA) is 55.6 Å². The molecule has 0 spiro atoms. The number of carbonyl (C=O) groups is 1. The van der Waals surface area contributed by atoms with Crippen LogP contribution in [0.4, 0.5) is 4.79 Å². The van der Waals surface area contributed by atoms with E-state index in [-0.39, 0.29) is 6.09 Å². The summed E-state index contributed by atoms with van der Waals surface area (Å²) < 4.78 is 5.39. The molecular formula is C11H22N2O2S. The summed E-state index contributed by atoms with van der Waals surface area (Å²) in [5.41, 5.74) is 5.06. The molecule has 0 radical (unpaired) electrons. The van der Waals surface area contributed by atoms with Gasteiger partial charge in [-0.15, -0.1) is 0 Å². The molecule has 0 atom stereocenters. The summed E-state index contributed by atoms with van der Waals surface area (Å²) in [7, 11) is 0. The molecule has 94 valence electrons. The highest BCUT2D eigenvalue weighted by atomic mass is 32.2. The van der Waals surface area contributed by atoms with Crippen LogP contribution >= 0.6 is 11.8 Å². The van der Waals surface area contributed by atoms with Crippen LogP contribution in [0.2, 0.25) is 0 Å². The molecule has 2 N–H and O–H groups in total. The summed E-state index contributed by atoms with van der Waals surface area (Å²) in [5, 5.41) is 0. The minimum Gasteiger partial charge on any atom is -0.444 e. The Kier molecular flexibility index (Phi) is 4.92. The molecule has 0 aromatic heterocycles. The molecule has 5 heteroatoms. The average molecular weight is 246 g/mol. The van der Waals surface area contributed by atoms with E-state index in [2.05, 4.69) is 0 Å². The third kappa shape index (κ3) is 4.22. The third-order valence-corrected chi connectivity index (χ3v) is 3.53. The van der Waals surface area contributed by atoms with E-state index in [9.17, 15) is 4.79 Å². The number of hydrogen-bond acceptors (Lipinski definition) is 4. The van der Waals surface area contributed by atoms with Crippen molar-refractivity contribution in [3.63, 3.8) is 0 Å². The van der Waals surface area contributed by atoms with Crippen molar-refractivity contribution in [3.05, 3.63) is 0 Å². The van der Waals surface area contributed by atoms with Crippen LogP contribution in [0.15, 0.2) is 0 Å². The van der Waals surface area contributed by atoms with Crippen LogP contribution in [0.1, 0.15) is 27.2 Å². The molecule has 1 saturated heterocycles. The van der Waals surface area contributed by atoms with Gasteiger partial charge in [-0.05, 0) is 33.7 Å². The Labute approximate surface area is 102 Å². The molecule has 0 aliphatic carbocycles. The summed E-state index contributed by atoms with van der Waals surface area (Å²) in [5.74, 6) is 2.04. The van der Waals surface area contributed by atoms with Crippen LogP contribution in [0.3, 0.4) is 0 Å². The summed E-state index contributed by atoms with van der Waals surface area (Å²) in [6.07, 6.45) is 0.631. The van der Waals surface area contributed by atoms with Crippen LogP contribution in [0.5, 0.6) is 0 Å². The van der Waals surface area contributed by atoms with E-state index in [1.807, 2.05) is 37.4 Å². The predicted molar refractivity (Wildman–Crippen MR) is 67.7 cm³/mol. The van der Waals surface area contributed by atoms with Crippen molar-refractivity contribution in [3.8, 4) is 0 Å². The highest BCUT2D eigenvalue weighted by molar-refractivity contribution is 8.00. The molecule has 0 unspecified atom stereocenters. The predicted octanol–water partition coefficient (Wildman–Crippen LogP) is 1.69. The van der Waals surface area contributed by atoms with Gasteiger partial charge in [0.05, 0.1) is 6.04 Å². The van der Waals surface area contributed by atoms with Crippen LogP contribution in [-0.4, -0.2) is 47.2 Å². The average Bonchev–Trinajstić information content (AvgIpc) is 2.05. The van der Waals surface area contributed by atoms with Gasteiger partial charge in [-0.25, -0.2) is 4.79 Å². The zero-order valence-corrected chi connectivity index (χ0v) is 11.2. The number of ether oxygens (including phenoxy) is 1. The Hall–Kier alpha value is -0.420. The first-order chi connectivity index (χ1) is 7.44. The molecule has 1 aliphatic rings. The Morgan fingerprint density at radius 1 is 1.50 bits per heavy atom. The van der Waals surface area contributed by atoms with Gasteiger partial charge in [0.15, 0.2) is 0 Å². The number of hydrogen-bond donors (Lipinski definition) is 1. The largest absolute Gasteiger partial charge is 0.444 e. The van der Waals surface area contributed by atoms with Gasteiger partial charge >= 0.3 is 6.09 Å². The van der Waals surface area contributed by atoms with Gasteiger partial charge in [-0.3, -0.25) is 0 Å². The smallest absolute Gasteiger partial charge is 0.410 e. The second-order valence-electron chi connectivity index (χ2n) is 5.01. The van der Waals surface area contributed by atoms with Gasteiger partial charge in [0.25, 0.3) is 0 Å². The van der Waals surface area contributed by atoms with Gasteiger partial charge in [-0.1, -0.05) is 0 Å². The van der Waals surface area contributed by atoms with Crippen molar-refractivity contribution in [2.75, 3.05) is 24.6 Å². The zero-order chi connectivity index (χ0) is 12.2. The molecule has 0 bridgehead atoms. The molecule has 0 aromatic carbocycles. The van der Waals surface area contributed by atoms with E-state index in [1.165, 1.54) is 0 Å². The third-order valence-electron chi connectivity index (χ3n) is 2.29. The van der Waals surface area contributed by atoms with E-state index >= 15 is 0 Å². The highest BCUT2D eigenvalue weighted by Gasteiger charge is 2.31. The number of nitrogens with two attached hydrogens (primary N) is 1. The van der Waals surface area contributed by atoms with Crippen molar-refractivity contribution in [2.45, 2.75) is 38.8 Å². The molecule has 16 heavy (non-hydrogen) atoms.